The van der Waals surface area contributed by atoms with Gasteiger partial charge in [-0.1, -0.05) is 13.8 Å². The maximum atomic E-state index is 11.2. The molecule has 0 aliphatic carbocycles. The zero-order chi connectivity index (χ0) is 15.9. The van der Waals surface area contributed by atoms with E-state index < -0.39 is 0 Å². The van der Waals surface area contributed by atoms with Crippen molar-refractivity contribution in [3.63, 3.8) is 0 Å². The SMILES string of the molecule is Cn1cc(C2CN(c3ncccc3[N+](=O)[O-])CC2(C)C)cn1. The molecule has 2 aromatic heterocycles. The van der Waals surface area contributed by atoms with Gasteiger partial charge in [0, 0.05) is 44.5 Å². The maximum absolute atomic E-state index is 11.2. The lowest BCUT2D eigenvalue weighted by Crippen LogP contribution is -2.24. The van der Waals surface area contributed by atoms with E-state index in [2.05, 4.69) is 23.9 Å². The minimum Gasteiger partial charge on any atom is -0.350 e. The predicted octanol–water partition coefficient (Wildman–Crippen LogP) is 2.35. The van der Waals surface area contributed by atoms with Crippen molar-refractivity contribution in [2.24, 2.45) is 12.5 Å². The molecule has 7 heteroatoms. The first-order valence-corrected chi connectivity index (χ1v) is 7.21. The summed E-state index contributed by atoms with van der Waals surface area (Å²) in [6, 6.07) is 3.11. The fraction of sp³-hybridized carbons (Fsp3) is 0.467. The highest BCUT2D eigenvalue weighted by Gasteiger charge is 2.42. The molecule has 3 heterocycles. The van der Waals surface area contributed by atoms with Gasteiger partial charge >= 0.3 is 5.69 Å². The average molecular weight is 301 g/mol. The molecule has 3 rings (SSSR count). The lowest BCUT2D eigenvalue weighted by atomic mass is 9.79. The zero-order valence-corrected chi connectivity index (χ0v) is 12.9. The highest BCUT2D eigenvalue weighted by Crippen LogP contribution is 2.44. The summed E-state index contributed by atoms with van der Waals surface area (Å²) in [5, 5.41) is 15.5. The number of nitrogens with zero attached hydrogens (tertiary/aromatic N) is 5. The van der Waals surface area contributed by atoms with Crippen LogP contribution in [0.4, 0.5) is 11.5 Å². The summed E-state index contributed by atoms with van der Waals surface area (Å²) in [6.07, 6.45) is 5.50. The third-order valence-electron chi connectivity index (χ3n) is 4.33. The predicted molar refractivity (Wildman–Crippen MR) is 82.8 cm³/mol. The second kappa shape index (κ2) is 5.08. The van der Waals surface area contributed by atoms with Gasteiger partial charge in [0.05, 0.1) is 11.1 Å². The van der Waals surface area contributed by atoms with Crippen molar-refractivity contribution >= 4 is 11.5 Å². The van der Waals surface area contributed by atoms with E-state index >= 15 is 0 Å². The summed E-state index contributed by atoms with van der Waals surface area (Å²) in [7, 11) is 1.90. The first-order valence-electron chi connectivity index (χ1n) is 7.21. The number of hydrogen-bond donors (Lipinski definition) is 0. The number of rotatable bonds is 3. The van der Waals surface area contributed by atoms with Crippen LogP contribution < -0.4 is 4.90 Å². The molecule has 1 atom stereocenters. The van der Waals surface area contributed by atoms with Crippen LogP contribution in [0.3, 0.4) is 0 Å². The molecule has 0 radical (unpaired) electrons. The van der Waals surface area contributed by atoms with Gasteiger partial charge in [0.1, 0.15) is 0 Å². The van der Waals surface area contributed by atoms with Gasteiger partial charge in [0.2, 0.25) is 5.82 Å². The Kier molecular flexibility index (Phi) is 3.35. The van der Waals surface area contributed by atoms with Crippen LogP contribution in [0.25, 0.3) is 0 Å². The summed E-state index contributed by atoms with van der Waals surface area (Å²) in [6.45, 7) is 5.79. The van der Waals surface area contributed by atoms with E-state index in [1.54, 1.807) is 16.9 Å². The van der Waals surface area contributed by atoms with Gasteiger partial charge in [-0.25, -0.2) is 4.98 Å². The van der Waals surface area contributed by atoms with Gasteiger partial charge in [0.15, 0.2) is 0 Å². The van der Waals surface area contributed by atoms with Crippen molar-refractivity contribution in [2.45, 2.75) is 19.8 Å². The molecule has 1 aliphatic rings. The molecule has 7 nitrogen and oxygen atoms in total. The standard InChI is InChI=1S/C15H19N5O2/c1-15(2)10-19(9-12(15)11-7-17-18(3)8-11)14-13(20(21)22)5-4-6-16-14/h4-8,12H,9-10H2,1-3H3. The van der Waals surface area contributed by atoms with Crippen LogP contribution in [0.15, 0.2) is 30.7 Å². The van der Waals surface area contributed by atoms with E-state index in [9.17, 15) is 10.1 Å². The Labute approximate surface area is 128 Å². The van der Waals surface area contributed by atoms with Crippen molar-refractivity contribution < 1.29 is 4.92 Å². The molecular weight excluding hydrogens is 282 g/mol. The molecule has 1 aliphatic heterocycles. The summed E-state index contributed by atoms with van der Waals surface area (Å²) in [5.41, 5.74) is 1.22. The molecule has 0 spiro atoms. The molecular formula is C15H19N5O2. The van der Waals surface area contributed by atoms with Crippen LogP contribution in [0, 0.1) is 15.5 Å². The fourth-order valence-electron chi connectivity index (χ4n) is 3.25. The first kappa shape index (κ1) is 14.5. The molecule has 1 saturated heterocycles. The lowest BCUT2D eigenvalue weighted by molar-refractivity contribution is -0.384. The number of hydrogen-bond acceptors (Lipinski definition) is 5. The fourth-order valence-corrected chi connectivity index (χ4v) is 3.25. The van der Waals surface area contributed by atoms with E-state index in [0.29, 0.717) is 12.4 Å². The van der Waals surface area contributed by atoms with Crippen LogP contribution in [0.1, 0.15) is 25.3 Å². The zero-order valence-electron chi connectivity index (χ0n) is 12.9. The molecule has 2 aromatic rings. The quantitative estimate of drug-likeness (QED) is 0.642. The number of aromatic nitrogens is 3. The minimum absolute atomic E-state index is 0.00553. The van der Waals surface area contributed by atoms with E-state index in [-0.39, 0.29) is 21.9 Å². The number of nitro groups is 1. The van der Waals surface area contributed by atoms with Crippen LogP contribution in [-0.4, -0.2) is 32.8 Å². The smallest absolute Gasteiger partial charge is 0.311 e. The molecule has 0 saturated carbocycles. The number of pyridine rings is 1. The Morgan fingerprint density at radius 2 is 2.23 bits per heavy atom. The van der Waals surface area contributed by atoms with E-state index in [1.807, 2.05) is 24.3 Å². The van der Waals surface area contributed by atoms with Gasteiger partial charge in [-0.15, -0.1) is 0 Å². The summed E-state index contributed by atoms with van der Waals surface area (Å²) < 4.78 is 1.79. The molecule has 1 unspecified atom stereocenters. The number of anilines is 1. The van der Waals surface area contributed by atoms with Crippen LogP contribution in [-0.2, 0) is 7.05 Å². The van der Waals surface area contributed by atoms with Crippen molar-refractivity contribution in [3.05, 3.63) is 46.4 Å². The lowest BCUT2D eigenvalue weighted by Gasteiger charge is -2.24. The monoisotopic (exact) mass is 301 g/mol. The Hall–Kier alpha value is -2.44. The molecule has 0 amide bonds. The van der Waals surface area contributed by atoms with Crippen molar-refractivity contribution in [1.82, 2.24) is 14.8 Å². The third kappa shape index (κ3) is 2.43. The van der Waals surface area contributed by atoms with E-state index in [0.717, 1.165) is 12.1 Å². The van der Waals surface area contributed by atoms with Crippen molar-refractivity contribution in [1.29, 1.82) is 0 Å². The normalized spacial score (nSPS) is 20.3. The maximum Gasteiger partial charge on any atom is 0.311 e. The molecule has 1 fully saturated rings. The second-order valence-electron chi connectivity index (χ2n) is 6.47. The van der Waals surface area contributed by atoms with Gasteiger partial charge in [-0.3, -0.25) is 14.8 Å². The largest absolute Gasteiger partial charge is 0.350 e. The molecule has 22 heavy (non-hydrogen) atoms. The first-order chi connectivity index (χ1) is 10.4. The van der Waals surface area contributed by atoms with Gasteiger partial charge in [-0.05, 0) is 17.0 Å². The Bertz CT molecular complexity index is 709. The molecule has 116 valence electrons. The van der Waals surface area contributed by atoms with Crippen LogP contribution in [0.5, 0.6) is 0 Å². The van der Waals surface area contributed by atoms with E-state index in [1.165, 1.54) is 6.07 Å². The van der Waals surface area contributed by atoms with Crippen molar-refractivity contribution in [2.75, 3.05) is 18.0 Å². The summed E-state index contributed by atoms with van der Waals surface area (Å²) >= 11 is 0. The molecule has 0 aromatic carbocycles. The molecule has 0 bridgehead atoms. The Balaban J connectivity index is 1.94. The van der Waals surface area contributed by atoms with Crippen molar-refractivity contribution in [3.8, 4) is 0 Å². The summed E-state index contributed by atoms with van der Waals surface area (Å²) in [4.78, 5) is 17.1. The van der Waals surface area contributed by atoms with E-state index in [4.69, 9.17) is 0 Å². The number of aryl methyl sites for hydroxylation is 1. The third-order valence-corrected chi connectivity index (χ3v) is 4.33. The second-order valence-corrected chi connectivity index (χ2v) is 6.47. The minimum atomic E-state index is -0.368. The Morgan fingerprint density at radius 3 is 2.86 bits per heavy atom. The topological polar surface area (TPSA) is 77.1 Å². The van der Waals surface area contributed by atoms with Crippen LogP contribution >= 0.6 is 0 Å². The summed E-state index contributed by atoms with van der Waals surface area (Å²) in [5.74, 6) is 0.717. The van der Waals surface area contributed by atoms with Gasteiger partial charge in [-0.2, -0.15) is 5.10 Å². The van der Waals surface area contributed by atoms with Gasteiger partial charge in [0.25, 0.3) is 0 Å². The molecule has 0 N–H and O–H groups in total. The highest BCUT2D eigenvalue weighted by atomic mass is 16.6. The average Bonchev–Trinajstić information content (AvgIpc) is 3.01. The Morgan fingerprint density at radius 1 is 1.45 bits per heavy atom. The van der Waals surface area contributed by atoms with Crippen LogP contribution in [0.2, 0.25) is 0 Å². The van der Waals surface area contributed by atoms with Gasteiger partial charge < -0.3 is 4.90 Å². The highest BCUT2D eigenvalue weighted by molar-refractivity contribution is 5.58.